The largest absolute Gasteiger partial charge is 0.416 e. The number of aromatic amines is 1. The molecule has 0 fully saturated rings. The predicted octanol–water partition coefficient (Wildman–Crippen LogP) is 4.07. The van der Waals surface area contributed by atoms with E-state index in [-0.39, 0.29) is 17.8 Å². The minimum atomic E-state index is -4.38. The van der Waals surface area contributed by atoms with Gasteiger partial charge in [-0.3, -0.25) is 14.9 Å². The second-order valence-corrected chi connectivity index (χ2v) is 5.89. The van der Waals surface area contributed by atoms with Crippen molar-refractivity contribution in [2.24, 2.45) is 0 Å². The first kappa shape index (κ1) is 18.4. The highest BCUT2D eigenvalue weighted by Gasteiger charge is 2.29. The molecule has 0 aliphatic rings. The molecule has 140 valence electrons. The standard InChI is InChI=1S/C18H14F3N3O3/c19-18(20,21)12-3-1-11(2-4-12)7-8-22-17(25)15-10-23-16-6-5-13(24(26)27)9-14(15)16/h1-6,9-10,23H,7-8H2,(H,22,25). The molecule has 1 amide bonds. The lowest BCUT2D eigenvalue weighted by atomic mass is 10.1. The number of carbonyl (C=O) groups is 1. The fraction of sp³-hybridized carbons (Fsp3) is 0.167. The second kappa shape index (κ2) is 7.10. The summed E-state index contributed by atoms with van der Waals surface area (Å²) in [6.45, 7) is 0.214. The third-order valence-electron chi connectivity index (χ3n) is 4.10. The van der Waals surface area contributed by atoms with E-state index in [0.29, 0.717) is 22.9 Å². The number of nitro groups is 1. The van der Waals surface area contributed by atoms with Crippen LogP contribution in [0.5, 0.6) is 0 Å². The first-order chi connectivity index (χ1) is 12.8. The van der Waals surface area contributed by atoms with Gasteiger partial charge in [0.05, 0.1) is 16.1 Å². The van der Waals surface area contributed by atoms with Gasteiger partial charge in [0, 0.05) is 35.8 Å². The molecule has 0 spiro atoms. The molecule has 3 aromatic rings. The van der Waals surface area contributed by atoms with Gasteiger partial charge in [0.25, 0.3) is 11.6 Å². The summed E-state index contributed by atoms with van der Waals surface area (Å²) in [5.41, 5.74) is 0.657. The third-order valence-corrected chi connectivity index (χ3v) is 4.10. The Morgan fingerprint density at radius 3 is 2.48 bits per heavy atom. The van der Waals surface area contributed by atoms with Crippen LogP contribution >= 0.6 is 0 Å². The van der Waals surface area contributed by atoms with E-state index >= 15 is 0 Å². The van der Waals surface area contributed by atoms with Crippen molar-refractivity contribution in [1.29, 1.82) is 0 Å². The zero-order chi connectivity index (χ0) is 19.6. The number of amides is 1. The number of alkyl halides is 3. The monoisotopic (exact) mass is 377 g/mol. The van der Waals surface area contributed by atoms with E-state index in [4.69, 9.17) is 0 Å². The molecule has 27 heavy (non-hydrogen) atoms. The Labute approximate surface area is 151 Å². The smallest absolute Gasteiger partial charge is 0.360 e. The summed E-state index contributed by atoms with van der Waals surface area (Å²) in [7, 11) is 0. The summed E-state index contributed by atoms with van der Waals surface area (Å²) >= 11 is 0. The average Bonchev–Trinajstić information content (AvgIpc) is 3.04. The quantitative estimate of drug-likeness (QED) is 0.519. The number of nitro benzene ring substituents is 1. The van der Waals surface area contributed by atoms with Crippen molar-refractivity contribution in [3.8, 4) is 0 Å². The van der Waals surface area contributed by atoms with Gasteiger partial charge in [-0.15, -0.1) is 0 Å². The normalized spacial score (nSPS) is 11.5. The van der Waals surface area contributed by atoms with Crippen LogP contribution in [0.15, 0.2) is 48.7 Å². The number of nitrogens with one attached hydrogen (secondary N) is 2. The highest BCUT2D eigenvalue weighted by molar-refractivity contribution is 6.07. The molecule has 1 aromatic heterocycles. The fourth-order valence-corrected chi connectivity index (χ4v) is 2.69. The molecule has 0 saturated heterocycles. The van der Waals surface area contributed by atoms with Gasteiger partial charge >= 0.3 is 6.18 Å². The van der Waals surface area contributed by atoms with Crippen LogP contribution in [0.1, 0.15) is 21.5 Å². The van der Waals surface area contributed by atoms with Gasteiger partial charge in [0.2, 0.25) is 0 Å². The summed E-state index contributed by atoms with van der Waals surface area (Å²) in [4.78, 5) is 25.5. The Morgan fingerprint density at radius 1 is 1.15 bits per heavy atom. The minimum absolute atomic E-state index is 0.124. The Kier molecular flexibility index (Phi) is 4.85. The highest BCUT2D eigenvalue weighted by atomic mass is 19.4. The molecule has 0 saturated carbocycles. The van der Waals surface area contributed by atoms with E-state index in [1.54, 1.807) is 0 Å². The number of aromatic nitrogens is 1. The molecule has 0 radical (unpaired) electrons. The molecular weight excluding hydrogens is 363 g/mol. The van der Waals surface area contributed by atoms with E-state index in [1.165, 1.54) is 36.5 Å². The highest BCUT2D eigenvalue weighted by Crippen LogP contribution is 2.29. The van der Waals surface area contributed by atoms with Crippen LogP contribution in [-0.2, 0) is 12.6 Å². The maximum atomic E-state index is 12.5. The summed E-state index contributed by atoms with van der Waals surface area (Å²) in [6, 6.07) is 8.90. The molecule has 0 bridgehead atoms. The summed E-state index contributed by atoms with van der Waals surface area (Å²) in [6.07, 6.45) is -2.57. The van der Waals surface area contributed by atoms with Gasteiger partial charge in [-0.1, -0.05) is 12.1 Å². The molecule has 1 heterocycles. The number of fused-ring (bicyclic) bond motifs is 1. The fourth-order valence-electron chi connectivity index (χ4n) is 2.69. The van der Waals surface area contributed by atoms with E-state index in [2.05, 4.69) is 10.3 Å². The molecule has 2 aromatic carbocycles. The third kappa shape index (κ3) is 4.08. The molecule has 0 unspecified atom stereocenters. The molecule has 6 nitrogen and oxygen atoms in total. The van der Waals surface area contributed by atoms with Crippen LogP contribution < -0.4 is 5.32 Å². The number of rotatable bonds is 5. The lowest BCUT2D eigenvalue weighted by molar-refractivity contribution is -0.384. The van der Waals surface area contributed by atoms with Gasteiger partial charge in [-0.2, -0.15) is 13.2 Å². The number of hydrogen-bond donors (Lipinski definition) is 2. The Bertz CT molecular complexity index is 994. The van der Waals surface area contributed by atoms with Crippen LogP contribution in [0.3, 0.4) is 0 Å². The van der Waals surface area contributed by atoms with Crippen molar-refractivity contribution in [2.45, 2.75) is 12.6 Å². The number of H-pyrrole nitrogens is 1. The zero-order valence-corrected chi connectivity index (χ0v) is 13.8. The molecular formula is C18H14F3N3O3. The van der Waals surface area contributed by atoms with Crippen LogP contribution in [-0.4, -0.2) is 22.4 Å². The topological polar surface area (TPSA) is 88.0 Å². The van der Waals surface area contributed by atoms with Gasteiger partial charge in [-0.05, 0) is 30.2 Å². The van der Waals surface area contributed by atoms with E-state index in [1.807, 2.05) is 0 Å². The maximum Gasteiger partial charge on any atom is 0.416 e. The van der Waals surface area contributed by atoms with E-state index in [0.717, 1.165) is 12.1 Å². The van der Waals surface area contributed by atoms with Crippen molar-refractivity contribution in [3.05, 3.63) is 75.5 Å². The number of hydrogen-bond acceptors (Lipinski definition) is 3. The second-order valence-electron chi connectivity index (χ2n) is 5.89. The number of benzene rings is 2. The lowest BCUT2D eigenvalue weighted by Gasteiger charge is -2.08. The first-order valence-corrected chi connectivity index (χ1v) is 7.95. The van der Waals surface area contributed by atoms with Crippen molar-refractivity contribution in [3.63, 3.8) is 0 Å². The Hall–Kier alpha value is -3.36. The molecule has 0 aliphatic heterocycles. The number of carbonyl (C=O) groups excluding carboxylic acids is 1. The van der Waals surface area contributed by atoms with Gasteiger partial charge in [0.1, 0.15) is 0 Å². The molecule has 2 N–H and O–H groups in total. The van der Waals surface area contributed by atoms with E-state index in [9.17, 15) is 28.1 Å². The van der Waals surface area contributed by atoms with Gasteiger partial charge in [-0.25, -0.2) is 0 Å². The van der Waals surface area contributed by atoms with E-state index < -0.39 is 22.6 Å². The van der Waals surface area contributed by atoms with Crippen LogP contribution in [0.25, 0.3) is 10.9 Å². The maximum absolute atomic E-state index is 12.5. The number of non-ortho nitro benzene ring substituents is 1. The molecule has 0 atom stereocenters. The lowest BCUT2D eigenvalue weighted by Crippen LogP contribution is -2.25. The van der Waals surface area contributed by atoms with Crippen LogP contribution in [0.4, 0.5) is 18.9 Å². The summed E-state index contributed by atoms with van der Waals surface area (Å²) < 4.78 is 37.6. The number of halogens is 3. The van der Waals surface area contributed by atoms with Crippen LogP contribution in [0.2, 0.25) is 0 Å². The average molecular weight is 377 g/mol. The Morgan fingerprint density at radius 2 is 1.85 bits per heavy atom. The van der Waals surface area contributed by atoms with Crippen molar-refractivity contribution in [1.82, 2.24) is 10.3 Å². The Balaban J connectivity index is 1.65. The SMILES string of the molecule is O=C(NCCc1ccc(C(F)(F)F)cc1)c1c[nH]c2ccc([N+](=O)[O-])cc12. The van der Waals surface area contributed by atoms with Crippen molar-refractivity contribution < 1.29 is 22.9 Å². The summed E-state index contributed by atoms with van der Waals surface area (Å²) in [5.74, 6) is -0.423. The predicted molar refractivity (Wildman–Crippen MR) is 92.4 cm³/mol. The molecule has 0 aliphatic carbocycles. The van der Waals surface area contributed by atoms with Crippen molar-refractivity contribution in [2.75, 3.05) is 6.54 Å². The van der Waals surface area contributed by atoms with Gasteiger partial charge in [0.15, 0.2) is 0 Å². The number of nitrogens with zero attached hydrogens (tertiary/aromatic N) is 1. The summed E-state index contributed by atoms with van der Waals surface area (Å²) in [5, 5.41) is 14.0. The molecule has 9 heteroatoms. The van der Waals surface area contributed by atoms with Crippen molar-refractivity contribution >= 4 is 22.5 Å². The first-order valence-electron chi connectivity index (χ1n) is 7.95. The zero-order valence-electron chi connectivity index (χ0n) is 13.8. The molecule has 3 rings (SSSR count). The minimum Gasteiger partial charge on any atom is -0.360 e. The van der Waals surface area contributed by atoms with Gasteiger partial charge < -0.3 is 10.3 Å². The van der Waals surface area contributed by atoms with Crippen LogP contribution in [0, 0.1) is 10.1 Å².